The Balaban J connectivity index is 1.43. The van der Waals surface area contributed by atoms with E-state index in [4.69, 9.17) is 28.6 Å². The molecule has 0 heterocycles. The molecule has 1 spiro atoms. The van der Waals surface area contributed by atoms with Gasteiger partial charge in [0.15, 0.2) is 5.11 Å². The van der Waals surface area contributed by atoms with E-state index in [0.29, 0.717) is 28.6 Å². The van der Waals surface area contributed by atoms with Crippen molar-refractivity contribution in [2.75, 3.05) is 18.5 Å². The smallest absolute Gasteiger partial charge is 0.312 e. The van der Waals surface area contributed by atoms with Crippen LogP contribution in [-0.2, 0) is 9.53 Å². The highest BCUT2D eigenvalue weighted by molar-refractivity contribution is 7.80. The Morgan fingerprint density at radius 3 is 2.57 bits per heavy atom. The van der Waals surface area contributed by atoms with Crippen LogP contribution in [-0.4, -0.2) is 35.4 Å². The van der Waals surface area contributed by atoms with E-state index in [0.717, 1.165) is 57.1 Å². The first-order valence-electron chi connectivity index (χ1n) is 14.1. The maximum absolute atomic E-state index is 13.3. The highest BCUT2D eigenvalue weighted by Gasteiger charge is 2.71. The van der Waals surface area contributed by atoms with Gasteiger partial charge in [-0.15, -0.1) is 0 Å². The number of benzene rings is 1. The first kappa shape index (κ1) is 27.2. The molecule has 5 nitrogen and oxygen atoms in total. The maximum atomic E-state index is 13.3. The summed E-state index contributed by atoms with van der Waals surface area (Å²) in [5, 5.41) is 19.1. The van der Waals surface area contributed by atoms with Gasteiger partial charge in [-0.25, -0.2) is 0 Å². The number of aliphatic hydroxyl groups excluding tert-OH is 1. The van der Waals surface area contributed by atoms with Gasteiger partial charge in [0.25, 0.3) is 0 Å². The zero-order valence-corrected chi connectivity index (χ0v) is 24.3. The quantitative estimate of drug-likeness (QED) is 0.286. The number of para-hydroxylation sites is 1. The van der Waals surface area contributed by atoms with Crippen molar-refractivity contribution in [2.45, 2.75) is 85.1 Å². The largest absolute Gasteiger partial charge is 0.466 e. The summed E-state index contributed by atoms with van der Waals surface area (Å²) >= 11 is 12.1. The maximum Gasteiger partial charge on any atom is 0.312 e. The Kier molecular flexibility index (Phi) is 7.11. The summed E-state index contributed by atoms with van der Waals surface area (Å²) in [5.41, 5.74) is 0.544. The van der Waals surface area contributed by atoms with Crippen molar-refractivity contribution in [3.05, 3.63) is 29.3 Å². The third kappa shape index (κ3) is 4.12. The molecule has 4 aliphatic rings. The van der Waals surface area contributed by atoms with Crippen molar-refractivity contribution in [1.82, 2.24) is 5.32 Å². The van der Waals surface area contributed by atoms with Gasteiger partial charge in [-0.1, -0.05) is 44.0 Å². The third-order valence-corrected chi connectivity index (χ3v) is 11.9. The van der Waals surface area contributed by atoms with Gasteiger partial charge in [0.1, 0.15) is 0 Å². The number of ether oxygens (including phenoxy) is 1. The fraction of sp³-hybridized carbons (Fsp3) is 0.733. The van der Waals surface area contributed by atoms with Crippen LogP contribution in [0.2, 0.25) is 5.02 Å². The van der Waals surface area contributed by atoms with Crippen molar-refractivity contribution in [3.63, 3.8) is 0 Å². The summed E-state index contributed by atoms with van der Waals surface area (Å²) < 4.78 is 5.63. The fourth-order valence-corrected chi connectivity index (χ4v) is 10.4. The van der Waals surface area contributed by atoms with Crippen LogP contribution in [0.25, 0.3) is 0 Å². The van der Waals surface area contributed by atoms with Crippen molar-refractivity contribution in [2.24, 2.45) is 39.4 Å². The van der Waals surface area contributed by atoms with E-state index in [1.165, 1.54) is 0 Å². The van der Waals surface area contributed by atoms with Gasteiger partial charge in [0.2, 0.25) is 0 Å². The number of carbonyl (C=O) groups excluding carboxylic acids is 1. The third-order valence-electron chi connectivity index (χ3n) is 11.3. The Labute approximate surface area is 232 Å². The number of hydrogen-bond acceptors (Lipinski definition) is 4. The first-order chi connectivity index (χ1) is 17.5. The molecule has 8 atom stereocenters. The molecule has 204 valence electrons. The van der Waals surface area contributed by atoms with E-state index in [1.54, 1.807) is 0 Å². The van der Waals surface area contributed by atoms with E-state index in [9.17, 15) is 9.90 Å². The van der Waals surface area contributed by atoms with E-state index in [2.05, 4.69) is 31.4 Å². The van der Waals surface area contributed by atoms with Crippen molar-refractivity contribution in [1.29, 1.82) is 0 Å². The Bertz CT molecular complexity index is 1070. The summed E-state index contributed by atoms with van der Waals surface area (Å²) in [4.78, 5) is 13.3. The predicted octanol–water partition coefficient (Wildman–Crippen LogP) is 6.58. The number of hydrogen-bond donors (Lipinski definition) is 3. The molecule has 0 aliphatic heterocycles. The molecule has 0 radical (unpaired) electrons. The summed E-state index contributed by atoms with van der Waals surface area (Å²) in [7, 11) is 0. The monoisotopic (exact) mass is 546 g/mol. The molecule has 0 aromatic heterocycles. The lowest BCUT2D eigenvalue weighted by atomic mass is 9.39. The molecule has 1 aromatic rings. The molecule has 4 aliphatic carbocycles. The van der Waals surface area contributed by atoms with Crippen molar-refractivity contribution >= 4 is 40.6 Å². The number of thiocarbonyl (C=S) groups is 1. The number of rotatable bonds is 5. The average Bonchev–Trinajstić information content (AvgIpc) is 3.01. The van der Waals surface area contributed by atoms with Gasteiger partial charge in [0, 0.05) is 18.6 Å². The molecular formula is C30H43ClN2O3S. The number of fused-ring (bicyclic) bond motifs is 3. The SMILES string of the molecule is CCOC(=O)[C@]1(C)CCC[C@@]2(C)[C@@H]3CC[C@@]4(C)C[C@]3(CC[C@@H]21)[C@H](CO)[C@H]4NC(=S)Nc1ccccc1Cl. The number of anilines is 1. The molecule has 7 heteroatoms. The van der Waals surface area contributed by atoms with Crippen LogP contribution in [0.3, 0.4) is 0 Å². The Morgan fingerprint density at radius 2 is 1.86 bits per heavy atom. The number of aliphatic hydroxyl groups is 1. The second kappa shape index (κ2) is 9.67. The average molecular weight is 547 g/mol. The Morgan fingerprint density at radius 1 is 1.14 bits per heavy atom. The van der Waals surface area contributed by atoms with E-state index >= 15 is 0 Å². The van der Waals surface area contributed by atoms with Crippen LogP contribution in [0, 0.1) is 39.4 Å². The zero-order valence-electron chi connectivity index (χ0n) is 22.7. The number of halogens is 1. The van der Waals surface area contributed by atoms with Crippen LogP contribution >= 0.6 is 23.8 Å². The summed E-state index contributed by atoms with van der Waals surface area (Å²) in [5.74, 6) is 0.907. The molecule has 0 saturated heterocycles. The van der Waals surface area contributed by atoms with E-state index in [-0.39, 0.29) is 40.8 Å². The van der Waals surface area contributed by atoms with E-state index in [1.807, 2.05) is 31.2 Å². The lowest BCUT2D eigenvalue weighted by Gasteiger charge is -2.65. The van der Waals surface area contributed by atoms with Gasteiger partial charge in [-0.2, -0.15) is 0 Å². The first-order valence-corrected chi connectivity index (χ1v) is 14.9. The predicted molar refractivity (Wildman–Crippen MR) is 152 cm³/mol. The van der Waals surface area contributed by atoms with Gasteiger partial charge in [0.05, 0.1) is 22.7 Å². The normalized spacial score (nSPS) is 42.3. The van der Waals surface area contributed by atoms with Crippen LogP contribution < -0.4 is 10.6 Å². The second-order valence-corrected chi connectivity index (χ2v) is 13.9. The zero-order chi connectivity index (χ0) is 26.6. The molecular weight excluding hydrogens is 504 g/mol. The van der Waals surface area contributed by atoms with Gasteiger partial charge in [-0.05, 0) is 111 Å². The van der Waals surface area contributed by atoms with Crippen LogP contribution in [0.5, 0.6) is 0 Å². The lowest BCUT2D eigenvalue weighted by molar-refractivity contribution is -0.193. The summed E-state index contributed by atoms with van der Waals surface area (Å²) in [6.45, 7) is 9.50. The molecule has 2 bridgehead atoms. The van der Waals surface area contributed by atoms with Gasteiger partial charge in [-0.3, -0.25) is 4.79 Å². The molecule has 4 saturated carbocycles. The van der Waals surface area contributed by atoms with Gasteiger partial charge >= 0.3 is 5.97 Å². The number of nitrogens with one attached hydrogen (secondary N) is 2. The highest BCUT2D eigenvalue weighted by Crippen LogP contribution is 2.75. The topological polar surface area (TPSA) is 70.6 Å². The minimum atomic E-state index is -0.420. The van der Waals surface area contributed by atoms with Gasteiger partial charge < -0.3 is 20.5 Å². The molecule has 37 heavy (non-hydrogen) atoms. The number of esters is 1. The van der Waals surface area contributed by atoms with Crippen LogP contribution in [0.15, 0.2) is 24.3 Å². The Hall–Kier alpha value is -1.37. The molecule has 3 N–H and O–H groups in total. The summed E-state index contributed by atoms with van der Waals surface area (Å²) in [6.07, 6.45) is 8.53. The van der Waals surface area contributed by atoms with Crippen LogP contribution in [0.4, 0.5) is 5.69 Å². The minimum absolute atomic E-state index is 0.0109. The standard InChI is InChI=1S/C30H43ClN2O3S/c1-5-36-25(35)29(4)14-8-13-28(3)22(29)12-16-30-18-27(2,15-11-23(28)30)24(19(30)17-34)33-26(37)32-21-10-7-6-9-20(21)31/h6-7,9-10,19,22-24,34H,5,8,11-18H2,1-4H3,(H2,32,33,37)/t19-,22+,23+,24-,27+,28-,29-,30-/m1/s1. The lowest BCUT2D eigenvalue weighted by Crippen LogP contribution is -2.60. The molecule has 0 unspecified atom stereocenters. The fourth-order valence-electron chi connectivity index (χ4n) is 9.99. The molecule has 0 amide bonds. The number of carbonyl (C=O) groups is 1. The van der Waals surface area contributed by atoms with Crippen molar-refractivity contribution in [3.8, 4) is 0 Å². The summed E-state index contributed by atoms with van der Waals surface area (Å²) in [6, 6.07) is 7.71. The minimum Gasteiger partial charge on any atom is -0.466 e. The second-order valence-electron chi connectivity index (χ2n) is 13.1. The molecule has 5 rings (SSSR count). The van der Waals surface area contributed by atoms with Crippen molar-refractivity contribution < 1.29 is 14.6 Å². The molecule has 1 aromatic carbocycles. The van der Waals surface area contributed by atoms with E-state index < -0.39 is 5.41 Å². The van der Waals surface area contributed by atoms with Crippen LogP contribution in [0.1, 0.15) is 79.1 Å². The highest BCUT2D eigenvalue weighted by atomic mass is 35.5. The molecule has 4 fully saturated rings.